The highest BCUT2D eigenvalue weighted by Gasteiger charge is 2.32. The summed E-state index contributed by atoms with van der Waals surface area (Å²) in [5.74, 6) is -2.27. The number of rotatable bonds is 19. The Labute approximate surface area is 320 Å². The SMILES string of the molecule is CC(C)CC(NC(=O)[C@H](Cc1c[nH]cn1)NC(=O)[C@H](Cc1cccc2ccccc12)NC(=O)OCc1ccccc1)C(C=O)CC(=O)NCc1ccccc1. The molecule has 0 aliphatic rings. The van der Waals surface area contributed by atoms with Crippen LogP contribution in [0.2, 0.25) is 0 Å². The molecule has 12 heteroatoms. The van der Waals surface area contributed by atoms with Crippen LogP contribution in [-0.4, -0.2) is 58.2 Å². The third-order valence-corrected chi connectivity index (χ3v) is 9.22. The van der Waals surface area contributed by atoms with E-state index in [1.165, 1.54) is 6.33 Å². The molecule has 55 heavy (non-hydrogen) atoms. The number of ether oxygens (including phenoxy) is 1. The fraction of sp³-hybridized carbons (Fsp3) is 0.302. The Morgan fingerprint density at radius 2 is 1.42 bits per heavy atom. The van der Waals surface area contributed by atoms with Crippen molar-refractivity contribution in [2.75, 3.05) is 0 Å². The van der Waals surface area contributed by atoms with Crippen molar-refractivity contribution in [2.24, 2.45) is 11.8 Å². The number of aldehydes is 1. The summed E-state index contributed by atoms with van der Waals surface area (Å²) in [5, 5.41) is 13.3. The van der Waals surface area contributed by atoms with Crippen LogP contribution in [0.15, 0.2) is 116 Å². The van der Waals surface area contributed by atoms with E-state index in [-0.39, 0.29) is 37.7 Å². The van der Waals surface area contributed by atoms with Gasteiger partial charge in [-0.15, -0.1) is 0 Å². The molecule has 0 aliphatic heterocycles. The molecule has 2 unspecified atom stereocenters. The van der Waals surface area contributed by atoms with E-state index in [1.54, 1.807) is 6.20 Å². The van der Waals surface area contributed by atoms with Crippen LogP contribution >= 0.6 is 0 Å². The Balaban J connectivity index is 1.34. The summed E-state index contributed by atoms with van der Waals surface area (Å²) >= 11 is 0. The highest BCUT2D eigenvalue weighted by Crippen LogP contribution is 2.21. The zero-order valence-electron chi connectivity index (χ0n) is 31.1. The maximum absolute atomic E-state index is 14.2. The number of aromatic nitrogens is 2. The summed E-state index contributed by atoms with van der Waals surface area (Å²) in [6.07, 6.45) is 3.38. The van der Waals surface area contributed by atoms with Crippen molar-refractivity contribution in [2.45, 2.75) is 70.8 Å². The van der Waals surface area contributed by atoms with Gasteiger partial charge in [-0.05, 0) is 39.8 Å². The normalized spacial score (nSPS) is 13.2. The molecule has 1 aromatic heterocycles. The number of carbonyl (C=O) groups excluding carboxylic acids is 5. The highest BCUT2D eigenvalue weighted by atomic mass is 16.5. The monoisotopic (exact) mass is 744 g/mol. The number of nitrogens with one attached hydrogen (secondary N) is 5. The number of alkyl carbamates (subject to hydrolysis) is 1. The molecule has 1 heterocycles. The summed E-state index contributed by atoms with van der Waals surface area (Å²) in [6, 6.07) is 29.1. The maximum atomic E-state index is 14.2. The number of H-pyrrole nitrogens is 1. The molecule has 0 bridgehead atoms. The first kappa shape index (κ1) is 39.9. The minimum Gasteiger partial charge on any atom is -0.445 e. The van der Waals surface area contributed by atoms with Crippen molar-refractivity contribution >= 4 is 40.9 Å². The van der Waals surface area contributed by atoms with Crippen LogP contribution in [0.4, 0.5) is 4.79 Å². The van der Waals surface area contributed by atoms with Crippen molar-refractivity contribution in [3.8, 4) is 0 Å². The fourth-order valence-corrected chi connectivity index (χ4v) is 6.40. The number of aromatic amines is 1. The van der Waals surface area contributed by atoms with E-state index >= 15 is 0 Å². The number of amides is 4. The number of hydrogen-bond donors (Lipinski definition) is 5. The smallest absolute Gasteiger partial charge is 0.408 e. The molecule has 0 spiro atoms. The van der Waals surface area contributed by atoms with Gasteiger partial charge < -0.3 is 35.8 Å². The van der Waals surface area contributed by atoms with Crippen LogP contribution in [0.5, 0.6) is 0 Å². The van der Waals surface area contributed by atoms with Crippen LogP contribution < -0.4 is 21.3 Å². The zero-order valence-corrected chi connectivity index (χ0v) is 31.1. The van der Waals surface area contributed by atoms with Gasteiger partial charge in [-0.25, -0.2) is 9.78 Å². The van der Waals surface area contributed by atoms with Gasteiger partial charge in [0.1, 0.15) is 25.0 Å². The van der Waals surface area contributed by atoms with Crippen LogP contribution in [0.3, 0.4) is 0 Å². The molecule has 0 saturated carbocycles. The van der Waals surface area contributed by atoms with E-state index in [4.69, 9.17) is 4.74 Å². The number of hydrogen-bond acceptors (Lipinski definition) is 7. The highest BCUT2D eigenvalue weighted by molar-refractivity contribution is 5.93. The molecule has 5 rings (SSSR count). The van der Waals surface area contributed by atoms with Gasteiger partial charge in [0, 0.05) is 44.0 Å². The average molecular weight is 745 g/mol. The molecule has 286 valence electrons. The minimum atomic E-state index is -1.15. The van der Waals surface area contributed by atoms with E-state index in [1.807, 2.05) is 117 Å². The van der Waals surface area contributed by atoms with Crippen molar-refractivity contribution in [1.29, 1.82) is 0 Å². The number of fused-ring (bicyclic) bond motifs is 1. The third-order valence-electron chi connectivity index (χ3n) is 9.22. The Morgan fingerprint density at radius 1 is 0.764 bits per heavy atom. The molecule has 5 aromatic rings. The predicted octanol–water partition coefficient (Wildman–Crippen LogP) is 5.18. The lowest BCUT2D eigenvalue weighted by Gasteiger charge is -2.29. The Hall–Kier alpha value is -6.30. The molecule has 0 fully saturated rings. The number of benzene rings is 4. The summed E-state index contributed by atoms with van der Waals surface area (Å²) in [5.41, 5.74) is 3.02. The van der Waals surface area contributed by atoms with Gasteiger partial charge in [-0.3, -0.25) is 14.4 Å². The third kappa shape index (κ3) is 12.4. The zero-order chi connectivity index (χ0) is 39.0. The predicted molar refractivity (Wildman–Crippen MR) is 209 cm³/mol. The van der Waals surface area contributed by atoms with Crippen molar-refractivity contribution in [3.63, 3.8) is 0 Å². The summed E-state index contributed by atoms with van der Waals surface area (Å²) in [4.78, 5) is 74.1. The average Bonchev–Trinajstić information content (AvgIpc) is 3.71. The molecule has 4 amide bonds. The van der Waals surface area contributed by atoms with Gasteiger partial charge in [0.05, 0.1) is 12.0 Å². The Bertz CT molecular complexity index is 2000. The Morgan fingerprint density at radius 3 is 2.11 bits per heavy atom. The van der Waals surface area contributed by atoms with Crippen molar-refractivity contribution in [1.82, 2.24) is 31.2 Å². The molecule has 4 aromatic carbocycles. The molecule has 12 nitrogen and oxygen atoms in total. The largest absolute Gasteiger partial charge is 0.445 e. The fourth-order valence-electron chi connectivity index (χ4n) is 6.40. The second kappa shape index (κ2) is 20.2. The Kier molecular flexibility index (Phi) is 14.7. The molecule has 0 aliphatic carbocycles. The molecular formula is C43H48N6O6. The number of carbonyl (C=O) groups is 5. The van der Waals surface area contributed by atoms with Crippen LogP contribution in [0.1, 0.15) is 49.1 Å². The molecule has 0 saturated heterocycles. The first-order valence-electron chi connectivity index (χ1n) is 18.5. The van der Waals surface area contributed by atoms with E-state index in [0.29, 0.717) is 24.9 Å². The molecule has 0 radical (unpaired) electrons. The van der Waals surface area contributed by atoms with Gasteiger partial charge in [0.15, 0.2) is 0 Å². The van der Waals surface area contributed by atoms with E-state index in [9.17, 15) is 24.0 Å². The van der Waals surface area contributed by atoms with E-state index in [0.717, 1.165) is 27.5 Å². The lowest BCUT2D eigenvalue weighted by molar-refractivity contribution is -0.131. The van der Waals surface area contributed by atoms with Gasteiger partial charge in [-0.1, -0.05) is 117 Å². The topological polar surface area (TPSA) is 171 Å². The number of nitrogens with zero attached hydrogens (tertiary/aromatic N) is 1. The quantitative estimate of drug-likeness (QED) is 0.0726. The second-order valence-electron chi connectivity index (χ2n) is 13.9. The first-order valence-corrected chi connectivity index (χ1v) is 18.5. The standard InChI is InChI=1S/C43H48N6O6/c1-29(2)20-37(34(26-50)22-40(51)45-24-30-12-5-3-6-13-30)47-42(53)39(23-35-25-44-28-46-35)48-41(52)38(49-43(54)55-27-31-14-7-4-8-15-31)21-33-18-11-17-32-16-9-10-19-36(32)33/h3-19,25-26,28-29,34,37-39H,20-24,27H2,1-2H3,(H,44,46)(H,45,51)(H,47,53)(H,48,52)(H,49,54)/t34?,37?,38-,39-/m0/s1. The van der Waals surface area contributed by atoms with Gasteiger partial charge in [0.2, 0.25) is 17.7 Å². The van der Waals surface area contributed by atoms with Crippen molar-refractivity contribution in [3.05, 3.63) is 138 Å². The maximum Gasteiger partial charge on any atom is 0.408 e. The minimum absolute atomic E-state index is 0.00110. The van der Waals surface area contributed by atoms with Crippen LogP contribution in [0, 0.1) is 11.8 Å². The number of imidazole rings is 1. The van der Waals surface area contributed by atoms with E-state index < -0.39 is 42.0 Å². The van der Waals surface area contributed by atoms with Gasteiger partial charge in [-0.2, -0.15) is 0 Å². The van der Waals surface area contributed by atoms with Crippen molar-refractivity contribution < 1.29 is 28.7 Å². The molecule has 4 atom stereocenters. The summed E-state index contributed by atoms with van der Waals surface area (Å²) in [6.45, 7) is 4.22. The summed E-state index contributed by atoms with van der Waals surface area (Å²) < 4.78 is 5.48. The lowest BCUT2D eigenvalue weighted by Crippen LogP contribution is -2.57. The van der Waals surface area contributed by atoms with Crippen LogP contribution in [-0.2, 0) is 49.9 Å². The van der Waals surface area contributed by atoms with Gasteiger partial charge >= 0.3 is 6.09 Å². The molecule has 5 N–H and O–H groups in total. The van der Waals surface area contributed by atoms with E-state index in [2.05, 4.69) is 31.2 Å². The van der Waals surface area contributed by atoms with Crippen LogP contribution in [0.25, 0.3) is 10.8 Å². The lowest BCUT2D eigenvalue weighted by atomic mass is 9.89. The summed E-state index contributed by atoms with van der Waals surface area (Å²) in [7, 11) is 0. The van der Waals surface area contributed by atoms with Gasteiger partial charge in [0.25, 0.3) is 0 Å². The molecular weight excluding hydrogens is 697 g/mol. The first-order chi connectivity index (χ1) is 26.7. The second-order valence-corrected chi connectivity index (χ2v) is 13.9.